The fraction of sp³-hybridized carbons (Fsp3) is 0.143. The maximum atomic E-state index is 14.2. The number of Topliss-reactive ketones (excluding diaryl/α,β-unsaturated/α-hetero) is 1. The molecule has 0 amide bonds. The van der Waals surface area contributed by atoms with E-state index in [0.29, 0.717) is 16.9 Å². The van der Waals surface area contributed by atoms with E-state index < -0.39 is 6.04 Å². The molecule has 1 aromatic heterocycles. The summed E-state index contributed by atoms with van der Waals surface area (Å²) in [5.41, 5.74) is 5.00. The van der Waals surface area contributed by atoms with Crippen molar-refractivity contribution in [3.63, 3.8) is 0 Å². The number of benzene rings is 3. The number of ketones is 1. The van der Waals surface area contributed by atoms with Crippen LogP contribution in [-0.2, 0) is 0 Å². The molecule has 1 aliphatic heterocycles. The molecule has 0 radical (unpaired) electrons. The van der Waals surface area contributed by atoms with Gasteiger partial charge in [-0.2, -0.15) is 0 Å². The van der Waals surface area contributed by atoms with Crippen molar-refractivity contribution in [2.45, 2.75) is 19.0 Å². The molecule has 4 nitrogen and oxygen atoms in total. The molecular formula is C28H23FN2O2. The quantitative estimate of drug-likeness (QED) is 0.348. The number of ether oxygens (including phenoxy) is 1. The average molecular weight is 439 g/mol. The molecule has 0 saturated carbocycles. The van der Waals surface area contributed by atoms with Gasteiger partial charge in [0.05, 0.1) is 12.8 Å². The normalized spacial score (nSPS) is 16.9. The minimum Gasteiger partial charge on any atom is -0.497 e. The number of aliphatic imine (C=N–C) groups is 1. The molecule has 5 rings (SSSR count). The zero-order valence-electron chi connectivity index (χ0n) is 18.4. The van der Waals surface area contributed by atoms with E-state index in [1.807, 2.05) is 66.4 Å². The molecule has 2 heterocycles. The molecule has 0 aliphatic carbocycles. The van der Waals surface area contributed by atoms with Crippen LogP contribution in [0.15, 0.2) is 90.1 Å². The van der Waals surface area contributed by atoms with E-state index in [2.05, 4.69) is 0 Å². The van der Waals surface area contributed by atoms with Crippen LogP contribution in [-0.4, -0.2) is 23.7 Å². The number of halogens is 1. The molecule has 0 bridgehead atoms. The van der Waals surface area contributed by atoms with Crippen molar-refractivity contribution in [2.75, 3.05) is 7.11 Å². The largest absolute Gasteiger partial charge is 0.497 e. The minimum absolute atomic E-state index is 0.0585. The first-order valence-corrected chi connectivity index (χ1v) is 10.8. The highest BCUT2D eigenvalue weighted by atomic mass is 19.1. The first-order chi connectivity index (χ1) is 16.0. The van der Waals surface area contributed by atoms with Crippen LogP contribution in [0.25, 0.3) is 11.1 Å². The Bertz CT molecular complexity index is 1340. The van der Waals surface area contributed by atoms with Crippen molar-refractivity contribution in [1.82, 2.24) is 4.57 Å². The molecule has 4 aromatic rings. The number of methoxy groups -OCH3 is 1. The molecule has 0 fully saturated rings. The van der Waals surface area contributed by atoms with E-state index in [0.717, 1.165) is 22.4 Å². The molecule has 3 aromatic carbocycles. The van der Waals surface area contributed by atoms with Gasteiger partial charge in [0, 0.05) is 18.0 Å². The van der Waals surface area contributed by atoms with Crippen molar-refractivity contribution in [2.24, 2.45) is 4.99 Å². The Hall–Kier alpha value is -3.99. The standard InChI is InChI=1S/C28H23FN2O2/c1-18-5-7-20(8-6-18)26-27(31-15-3-4-22(31)17-30-26)28(32)24-14-13-23(33-2)16-25(24)19-9-11-21(29)12-10-19/h3-17,26-27H,1-2H3/t26-,27+/m1/s1. The van der Waals surface area contributed by atoms with Crippen molar-refractivity contribution in [1.29, 1.82) is 0 Å². The van der Waals surface area contributed by atoms with E-state index in [1.165, 1.54) is 12.1 Å². The number of aryl methyl sites for hydroxylation is 1. The summed E-state index contributed by atoms with van der Waals surface area (Å²) in [5, 5.41) is 0. The highest BCUT2D eigenvalue weighted by molar-refractivity contribution is 6.06. The summed E-state index contributed by atoms with van der Waals surface area (Å²) in [6, 6.07) is 22.6. The summed E-state index contributed by atoms with van der Waals surface area (Å²) in [4.78, 5) is 18.9. The lowest BCUT2D eigenvalue weighted by Gasteiger charge is -2.30. The van der Waals surface area contributed by atoms with Crippen molar-refractivity contribution in [3.05, 3.63) is 113 Å². The van der Waals surface area contributed by atoms with Crippen molar-refractivity contribution < 1.29 is 13.9 Å². The van der Waals surface area contributed by atoms with E-state index in [9.17, 15) is 9.18 Å². The maximum absolute atomic E-state index is 14.2. The first kappa shape index (κ1) is 20.9. The van der Waals surface area contributed by atoms with Gasteiger partial charge in [-0.25, -0.2) is 4.39 Å². The predicted octanol–water partition coefficient (Wildman–Crippen LogP) is 6.21. The van der Waals surface area contributed by atoms with Gasteiger partial charge in [0.2, 0.25) is 0 Å². The van der Waals surface area contributed by atoms with Gasteiger partial charge in [-0.15, -0.1) is 0 Å². The van der Waals surface area contributed by atoms with Crippen molar-refractivity contribution >= 4 is 12.0 Å². The molecule has 33 heavy (non-hydrogen) atoms. The second-order valence-electron chi connectivity index (χ2n) is 8.20. The molecule has 0 saturated heterocycles. The van der Waals surface area contributed by atoms with Crippen LogP contribution in [0, 0.1) is 12.7 Å². The zero-order chi connectivity index (χ0) is 22.9. The summed E-state index contributed by atoms with van der Waals surface area (Å²) in [6.45, 7) is 2.03. The van der Waals surface area contributed by atoms with Gasteiger partial charge in [0.15, 0.2) is 5.78 Å². The molecule has 2 atom stereocenters. The third kappa shape index (κ3) is 3.87. The summed E-state index contributed by atoms with van der Waals surface area (Å²) >= 11 is 0. The van der Waals surface area contributed by atoms with Gasteiger partial charge in [-0.05, 0) is 66.1 Å². The molecule has 5 heteroatoms. The summed E-state index contributed by atoms with van der Waals surface area (Å²) in [6.07, 6.45) is 3.74. The van der Waals surface area contributed by atoms with E-state index in [1.54, 1.807) is 31.4 Å². The molecular weight excluding hydrogens is 415 g/mol. The topological polar surface area (TPSA) is 43.6 Å². The Balaban J connectivity index is 1.64. The summed E-state index contributed by atoms with van der Waals surface area (Å²) in [5.74, 6) is 0.244. The van der Waals surface area contributed by atoms with Crippen LogP contribution in [0.5, 0.6) is 5.75 Å². The SMILES string of the molecule is COc1ccc(C(=O)[C@@H]2[C@@H](c3ccc(C)cc3)N=Cc3cccn32)c(-c2ccc(F)cc2)c1. The van der Waals surface area contributed by atoms with Gasteiger partial charge in [0.25, 0.3) is 0 Å². The molecule has 0 unspecified atom stereocenters. The third-order valence-corrected chi connectivity index (χ3v) is 6.11. The number of hydrogen-bond donors (Lipinski definition) is 0. The van der Waals surface area contributed by atoms with E-state index >= 15 is 0 Å². The summed E-state index contributed by atoms with van der Waals surface area (Å²) < 4.78 is 21.0. The average Bonchev–Trinajstić information content (AvgIpc) is 3.32. The second kappa shape index (κ2) is 8.51. The Morgan fingerprint density at radius 1 is 1.00 bits per heavy atom. The first-order valence-electron chi connectivity index (χ1n) is 10.8. The number of fused-ring (bicyclic) bond motifs is 1. The van der Waals surface area contributed by atoms with Crippen LogP contribution < -0.4 is 4.74 Å². The fourth-order valence-corrected chi connectivity index (χ4v) is 4.35. The minimum atomic E-state index is -0.546. The zero-order valence-corrected chi connectivity index (χ0v) is 18.4. The molecule has 1 aliphatic rings. The lowest BCUT2D eigenvalue weighted by atomic mass is 9.87. The second-order valence-corrected chi connectivity index (χ2v) is 8.20. The van der Waals surface area contributed by atoms with Gasteiger partial charge in [-0.1, -0.05) is 42.0 Å². The van der Waals surface area contributed by atoms with Gasteiger partial charge in [-0.3, -0.25) is 9.79 Å². The highest BCUT2D eigenvalue weighted by Crippen LogP contribution is 2.39. The Morgan fingerprint density at radius 3 is 2.48 bits per heavy atom. The maximum Gasteiger partial charge on any atom is 0.188 e. The lowest BCUT2D eigenvalue weighted by Crippen LogP contribution is -2.29. The highest BCUT2D eigenvalue weighted by Gasteiger charge is 2.35. The predicted molar refractivity (Wildman–Crippen MR) is 128 cm³/mol. The smallest absolute Gasteiger partial charge is 0.188 e. The lowest BCUT2D eigenvalue weighted by molar-refractivity contribution is 0.0906. The van der Waals surface area contributed by atoms with Crippen LogP contribution in [0.2, 0.25) is 0 Å². The number of nitrogens with zero attached hydrogens (tertiary/aromatic N) is 2. The molecule has 0 N–H and O–H groups in total. The number of carbonyl (C=O) groups excluding carboxylic acids is 1. The van der Waals surface area contributed by atoms with E-state index in [-0.39, 0.29) is 17.6 Å². The Labute approximate surface area is 192 Å². The number of aromatic nitrogens is 1. The van der Waals surface area contributed by atoms with E-state index in [4.69, 9.17) is 9.73 Å². The number of rotatable bonds is 5. The van der Waals surface area contributed by atoms with Crippen LogP contribution in [0.1, 0.15) is 39.3 Å². The van der Waals surface area contributed by atoms with Gasteiger partial charge < -0.3 is 9.30 Å². The van der Waals surface area contributed by atoms with Crippen molar-refractivity contribution in [3.8, 4) is 16.9 Å². The molecule has 0 spiro atoms. The number of carbonyl (C=O) groups is 1. The fourth-order valence-electron chi connectivity index (χ4n) is 4.35. The van der Waals surface area contributed by atoms with Crippen LogP contribution >= 0.6 is 0 Å². The molecule has 164 valence electrons. The number of hydrogen-bond acceptors (Lipinski definition) is 3. The van der Waals surface area contributed by atoms with Crippen LogP contribution in [0.4, 0.5) is 4.39 Å². The van der Waals surface area contributed by atoms with Crippen LogP contribution in [0.3, 0.4) is 0 Å². The Kier molecular flexibility index (Phi) is 5.38. The summed E-state index contributed by atoms with van der Waals surface area (Å²) in [7, 11) is 1.58. The van der Waals surface area contributed by atoms with Gasteiger partial charge >= 0.3 is 0 Å². The monoisotopic (exact) mass is 438 g/mol. The Morgan fingerprint density at radius 2 is 1.76 bits per heavy atom. The van der Waals surface area contributed by atoms with Gasteiger partial charge in [0.1, 0.15) is 23.7 Å². The third-order valence-electron chi connectivity index (χ3n) is 6.11.